The molecule has 2 rings (SSSR count). The highest BCUT2D eigenvalue weighted by atomic mass is 16.5. The quantitative estimate of drug-likeness (QED) is 0.676. The first kappa shape index (κ1) is 12.8. The molecule has 0 atom stereocenters. The normalized spacial score (nSPS) is 13.2. The van der Waals surface area contributed by atoms with Gasteiger partial charge in [0.25, 0.3) is 0 Å². The molecule has 0 N–H and O–H groups in total. The Labute approximate surface area is 99.1 Å². The van der Waals surface area contributed by atoms with Crippen molar-refractivity contribution in [3.63, 3.8) is 0 Å². The number of benzene rings is 1. The van der Waals surface area contributed by atoms with Gasteiger partial charge in [0.2, 0.25) is 0 Å². The predicted molar refractivity (Wildman–Crippen MR) is 70.8 cm³/mol. The minimum absolute atomic E-state index is 0.574. The molecule has 0 radical (unpaired) electrons. The summed E-state index contributed by atoms with van der Waals surface area (Å²) >= 11 is 0. The summed E-state index contributed by atoms with van der Waals surface area (Å²) in [7, 11) is 0. The van der Waals surface area contributed by atoms with E-state index in [1.165, 1.54) is 16.7 Å². The van der Waals surface area contributed by atoms with Gasteiger partial charge in [-0.25, -0.2) is 0 Å². The third-order valence-corrected chi connectivity index (χ3v) is 2.65. The summed E-state index contributed by atoms with van der Waals surface area (Å²) in [5.74, 6) is 1.60. The second-order valence-corrected chi connectivity index (χ2v) is 4.20. The zero-order valence-corrected chi connectivity index (χ0v) is 11.0. The molecular formula is C15H22O. The van der Waals surface area contributed by atoms with E-state index in [1.807, 2.05) is 13.8 Å². The van der Waals surface area contributed by atoms with E-state index < -0.39 is 0 Å². The molecule has 0 saturated heterocycles. The van der Waals surface area contributed by atoms with Crippen molar-refractivity contribution in [2.45, 2.75) is 34.6 Å². The molecule has 0 saturated carbocycles. The van der Waals surface area contributed by atoms with E-state index in [2.05, 4.69) is 45.0 Å². The number of hydrogen-bond donors (Lipinski definition) is 0. The second kappa shape index (κ2) is 5.74. The van der Waals surface area contributed by atoms with Gasteiger partial charge in [-0.15, -0.1) is 0 Å². The van der Waals surface area contributed by atoms with Gasteiger partial charge in [-0.3, -0.25) is 0 Å². The van der Waals surface area contributed by atoms with E-state index in [-0.39, 0.29) is 0 Å². The molecule has 1 heterocycles. The first-order valence-corrected chi connectivity index (χ1v) is 6.11. The predicted octanol–water partition coefficient (Wildman–Crippen LogP) is 4.45. The minimum Gasteiger partial charge on any atom is -0.489 e. The van der Waals surface area contributed by atoms with Gasteiger partial charge in [0.1, 0.15) is 12.4 Å². The highest BCUT2D eigenvalue weighted by Crippen LogP contribution is 2.29. The van der Waals surface area contributed by atoms with Crippen LogP contribution in [0.2, 0.25) is 0 Å². The van der Waals surface area contributed by atoms with Crippen LogP contribution in [0.1, 0.15) is 38.8 Å². The lowest BCUT2D eigenvalue weighted by molar-refractivity contribution is 0.334. The van der Waals surface area contributed by atoms with Crippen LogP contribution in [0.25, 0.3) is 6.08 Å². The van der Waals surface area contributed by atoms with Gasteiger partial charge in [0, 0.05) is 5.56 Å². The summed E-state index contributed by atoms with van der Waals surface area (Å²) in [5, 5.41) is 0. The third kappa shape index (κ3) is 2.88. The zero-order valence-electron chi connectivity index (χ0n) is 11.0. The number of hydrogen-bond acceptors (Lipinski definition) is 1. The van der Waals surface area contributed by atoms with Gasteiger partial charge in [0.15, 0.2) is 0 Å². The molecule has 1 aromatic carbocycles. The van der Waals surface area contributed by atoms with Crippen molar-refractivity contribution in [2.75, 3.05) is 6.61 Å². The molecular weight excluding hydrogens is 196 g/mol. The van der Waals surface area contributed by atoms with Crippen molar-refractivity contribution < 1.29 is 4.74 Å². The Bertz CT molecular complexity index is 375. The average Bonchev–Trinajstić information content (AvgIpc) is 2.30. The summed E-state index contributed by atoms with van der Waals surface area (Å²) in [6.45, 7) is 11.2. The molecule has 0 aromatic heterocycles. The van der Waals surface area contributed by atoms with Crippen LogP contribution in [0.5, 0.6) is 5.75 Å². The SMILES string of the molecule is CC.Cc1ccc2c(c1)OCC(C(C)C)=C2. The van der Waals surface area contributed by atoms with E-state index in [9.17, 15) is 0 Å². The van der Waals surface area contributed by atoms with Crippen LogP contribution in [0.4, 0.5) is 0 Å². The first-order chi connectivity index (χ1) is 7.66. The van der Waals surface area contributed by atoms with E-state index in [1.54, 1.807) is 0 Å². The maximum Gasteiger partial charge on any atom is 0.127 e. The van der Waals surface area contributed by atoms with Crippen LogP contribution in [-0.4, -0.2) is 6.61 Å². The maximum absolute atomic E-state index is 5.71. The zero-order chi connectivity index (χ0) is 12.1. The van der Waals surface area contributed by atoms with Crippen LogP contribution in [0.3, 0.4) is 0 Å². The molecule has 1 aliphatic heterocycles. The molecule has 0 bridgehead atoms. The number of aryl methyl sites for hydroxylation is 1. The second-order valence-electron chi connectivity index (χ2n) is 4.20. The summed E-state index contributed by atoms with van der Waals surface area (Å²) in [6.07, 6.45) is 2.25. The van der Waals surface area contributed by atoms with Crippen LogP contribution >= 0.6 is 0 Å². The molecule has 1 aliphatic rings. The maximum atomic E-state index is 5.71. The summed E-state index contributed by atoms with van der Waals surface area (Å²) < 4.78 is 5.71. The Hall–Kier alpha value is -1.24. The standard InChI is InChI=1S/C13H16O.C2H6/c1-9(2)12-7-11-5-4-10(3)6-13(11)14-8-12;1-2/h4-7,9H,8H2,1-3H3;1-2H3. The fourth-order valence-electron chi connectivity index (χ4n) is 1.62. The number of ether oxygens (including phenoxy) is 1. The lowest BCUT2D eigenvalue weighted by Crippen LogP contribution is -2.11. The van der Waals surface area contributed by atoms with Gasteiger partial charge >= 0.3 is 0 Å². The topological polar surface area (TPSA) is 9.23 Å². The molecule has 1 aromatic rings. The lowest BCUT2D eigenvalue weighted by Gasteiger charge is -2.20. The van der Waals surface area contributed by atoms with Crippen molar-refractivity contribution >= 4 is 6.08 Å². The molecule has 88 valence electrons. The van der Waals surface area contributed by atoms with E-state index in [0.29, 0.717) is 5.92 Å². The largest absolute Gasteiger partial charge is 0.489 e. The Morgan fingerprint density at radius 2 is 1.88 bits per heavy atom. The van der Waals surface area contributed by atoms with Gasteiger partial charge in [-0.05, 0) is 36.1 Å². The molecule has 0 spiro atoms. The van der Waals surface area contributed by atoms with E-state index >= 15 is 0 Å². The van der Waals surface area contributed by atoms with Gasteiger partial charge < -0.3 is 4.74 Å². The van der Waals surface area contributed by atoms with Gasteiger partial charge in [0.05, 0.1) is 0 Å². The van der Waals surface area contributed by atoms with Gasteiger partial charge in [-0.1, -0.05) is 39.8 Å². The Morgan fingerprint density at radius 3 is 2.50 bits per heavy atom. The fraction of sp³-hybridized carbons (Fsp3) is 0.467. The molecule has 1 nitrogen and oxygen atoms in total. The van der Waals surface area contributed by atoms with Crippen LogP contribution in [-0.2, 0) is 0 Å². The van der Waals surface area contributed by atoms with Crippen molar-refractivity contribution in [1.82, 2.24) is 0 Å². The Balaban J connectivity index is 0.000000606. The van der Waals surface area contributed by atoms with Crippen molar-refractivity contribution in [3.8, 4) is 5.75 Å². The van der Waals surface area contributed by atoms with Crippen LogP contribution < -0.4 is 4.74 Å². The van der Waals surface area contributed by atoms with E-state index in [0.717, 1.165) is 12.4 Å². The minimum atomic E-state index is 0.574. The molecule has 0 aliphatic carbocycles. The Morgan fingerprint density at radius 1 is 1.19 bits per heavy atom. The summed E-state index contributed by atoms with van der Waals surface area (Å²) in [5.41, 5.74) is 3.84. The Kier molecular flexibility index (Phi) is 4.60. The third-order valence-electron chi connectivity index (χ3n) is 2.65. The van der Waals surface area contributed by atoms with Gasteiger partial charge in [-0.2, -0.15) is 0 Å². The van der Waals surface area contributed by atoms with Crippen molar-refractivity contribution in [3.05, 3.63) is 34.9 Å². The van der Waals surface area contributed by atoms with Crippen LogP contribution in [0.15, 0.2) is 23.8 Å². The van der Waals surface area contributed by atoms with Crippen molar-refractivity contribution in [1.29, 1.82) is 0 Å². The monoisotopic (exact) mass is 218 g/mol. The first-order valence-electron chi connectivity index (χ1n) is 6.11. The average molecular weight is 218 g/mol. The lowest BCUT2D eigenvalue weighted by atomic mass is 9.98. The molecule has 0 fully saturated rings. The fourth-order valence-corrected chi connectivity index (χ4v) is 1.62. The molecule has 0 unspecified atom stereocenters. The van der Waals surface area contributed by atoms with Crippen LogP contribution in [0, 0.1) is 12.8 Å². The highest BCUT2D eigenvalue weighted by Gasteiger charge is 2.13. The molecule has 16 heavy (non-hydrogen) atoms. The molecule has 0 amide bonds. The van der Waals surface area contributed by atoms with Crippen molar-refractivity contribution in [2.24, 2.45) is 5.92 Å². The highest BCUT2D eigenvalue weighted by molar-refractivity contribution is 5.63. The number of fused-ring (bicyclic) bond motifs is 1. The molecule has 1 heteroatoms. The van der Waals surface area contributed by atoms with E-state index in [4.69, 9.17) is 4.74 Å². The summed E-state index contributed by atoms with van der Waals surface area (Å²) in [6, 6.07) is 6.36. The smallest absolute Gasteiger partial charge is 0.127 e. The summed E-state index contributed by atoms with van der Waals surface area (Å²) in [4.78, 5) is 0. The number of rotatable bonds is 1.